The first-order chi connectivity index (χ1) is 34.7. The molecule has 0 heterocycles. The normalized spacial score (nSPS) is 11.8. The maximum absolute atomic E-state index is 12.3. The minimum Gasteiger partial charge on any atom is -0.497 e. The summed E-state index contributed by atoms with van der Waals surface area (Å²) >= 11 is 0. The molecule has 0 spiro atoms. The standard InChI is InChI=1S/C21H30O4.C20H29NO4.C19H26O4/c1-5-7-8-17-9-11-18(12-10-17)13-14-19(22)24-15-16-25-20(23)21(3,4)6-2;1-6-16(4)20(23)21(15(2)3)13-14-25-19(22)12-9-17-7-10-18(24-5)11-8-17;1-5-15-7-9-16(10-8-15)11-12-17(20)22-13-14-23-18(21)19(3,4)6-2/h9-14H,5-8,15-16H2,1-4H3;7-12,15-16H,6,13-14H2,1-5H3;7-12H,5-6,13-14H2,1-4H3/b14-13+;12-9+;12-11+. The molecule has 0 N–H and O–H groups in total. The molecule has 0 aliphatic carbocycles. The van der Waals surface area contributed by atoms with Crippen LogP contribution in [0.3, 0.4) is 0 Å². The third-order valence-corrected chi connectivity index (χ3v) is 12.0. The van der Waals surface area contributed by atoms with Gasteiger partial charge in [0.1, 0.15) is 38.8 Å². The summed E-state index contributed by atoms with van der Waals surface area (Å²) in [6.07, 6.45) is 15.9. The van der Waals surface area contributed by atoms with Crippen LogP contribution in [0.5, 0.6) is 5.75 Å². The zero-order valence-corrected chi connectivity index (χ0v) is 46.1. The summed E-state index contributed by atoms with van der Waals surface area (Å²) in [5.74, 6) is -1.02. The zero-order chi connectivity index (χ0) is 54.8. The molecule has 13 nitrogen and oxygen atoms in total. The topological polar surface area (TPSA) is 161 Å². The van der Waals surface area contributed by atoms with Crippen molar-refractivity contribution in [3.05, 3.63) is 119 Å². The molecule has 3 aromatic carbocycles. The van der Waals surface area contributed by atoms with Crippen LogP contribution in [0.25, 0.3) is 18.2 Å². The van der Waals surface area contributed by atoms with Gasteiger partial charge >= 0.3 is 29.8 Å². The highest BCUT2D eigenvalue weighted by atomic mass is 16.6. The van der Waals surface area contributed by atoms with E-state index in [4.69, 9.17) is 28.4 Å². The van der Waals surface area contributed by atoms with Gasteiger partial charge in [0, 0.05) is 30.2 Å². The second-order valence-electron chi connectivity index (χ2n) is 18.9. The molecular weight excluding hydrogens is 927 g/mol. The summed E-state index contributed by atoms with van der Waals surface area (Å²) in [4.78, 5) is 72.6. The van der Waals surface area contributed by atoms with Gasteiger partial charge in [-0.2, -0.15) is 0 Å². The van der Waals surface area contributed by atoms with Crippen molar-refractivity contribution in [1.29, 1.82) is 0 Å². The number of carbonyl (C=O) groups is 6. The summed E-state index contributed by atoms with van der Waals surface area (Å²) in [6.45, 7) is 24.2. The average Bonchev–Trinajstić information content (AvgIpc) is 3.39. The van der Waals surface area contributed by atoms with Gasteiger partial charge in [-0.25, -0.2) is 14.4 Å². The maximum Gasteiger partial charge on any atom is 0.330 e. The number of nitrogens with zero attached hydrogens (tertiary/aromatic N) is 1. The van der Waals surface area contributed by atoms with Crippen molar-refractivity contribution in [1.82, 2.24) is 4.90 Å². The number of aryl methyl sites for hydroxylation is 2. The van der Waals surface area contributed by atoms with Crippen LogP contribution in [0, 0.1) is 16.7 Å². The van der Waals surface area contributed by atoms with Gasteiger partial charge in [-0.15, -0.1) is 0 Å². The molecule has 73 heavy (non-hydrogen) atoms. The fourth-order valence-electron chi connectivity index (χ4n) is 5.95. The molecular formula is C60H85NO12. The van der Waals surface area contributed by atoms with Crippen LogP contribution >= 0.6 is 0 Å². The Morgan fingerprint density at radius 3 is 1.27 bits per heavy atom. The second-order valence-corrected chi connectivity index (χ2v) is 18.9. The van der Waals surface area contributed by atoms with Gasteiger partial charge < -0.3 is 33.3 Å². The van der Waals surface area contributed by atoms with Crippen LogP contribution in [0.4, 0.5) is 0 Å². The van der Waals surface area contributed by atoms with Crippen LogP contribution in [-0.4, -0.2) is 93.4 Å². The number of methoxy groups -OCH3 is 1. The van der Waals surface area contributed by atoms with Gasteiger partial charge in [0.15, 0.2) is 0 Å². The maximum atomic E-state index is 12.3. The number of ether oxygens (including phenoxy) is 6. The van der Waals surface area contributed by atoms with E-state index >= 15 is 0 Å². The van der Waals surface area contributed by atoms with Gasteiger partial charge in [0.25, 0.3) is 0 Å². The number of esters is 5. The van der Waals surface area contributed by atoms with Crippen molar-refractivity contribution in [2.24, 2.45) is 16.7 Å². The van der Waals surface area contributed by atoms with E-state index in [2.05, 4.69) is 26.0 Å². The summed E-state index contributed by atoms with van der Waals surface area (Å²) in [5.41, 5.74) is 4.32. The number of hydrogen-bond donors (Lipinski definition) is 0. The molecule has 0 saturated heterocycles. The highest BCUT2D eigenvalue weighted by Crippen LogP contribution is 2.22. The van der Waals surface area contributed by atoms with E-state index in [1.807, 2.05) is 130 Å². The molecule has 13 heteroatoms. The lowest BCUT2D eigenvalue weighted by Crippen LogP contribution is -2.42. The van der Waals surface area contributed by atoms with Crippen molar-refractivity contribution in [2.45, 2.75) is 134 Å². The van der Waals surface area contributed by atoms with Crippen molar-refractivity contribution in [3.8, 4) is 5.75 Å². The Kier molecular flexibility index (Phi) is 31.5. The van der Waals surface area contributed by atoms with Crippen LogP contribution in [0.1, 0.15) is 143 Å². The summed E-state index contributed by atoms with van der Waals surface area (Å²) in [7, 11) is 1.61. The zero-order valence-electron chi connectivity index (χ0n) is 46.1. The predicted octanol–water partition coefficient (Wildman–Crippen LogP) is 11.9. The lowest BCUT2D eigenvalue weighted by molar-refractivity contribution is -0.158. The lowest BCUT2D eigenvalue weighted by atomic mass is 9.91. The van der Waals surface area contributed by atoms with Gasteiger partial charge in [0.2, 0.25) is 5.91 Å². The number of hydrogen-bond acceptors (Lipinski definition) is 12. The lowest BCUT2D eigenvalue weighted by Gasteiger charge is -2.28. The summed E-state index contributed by atoms with van der Waals surface area (Å²) < 4.78 is 30.5. The number of rotatable bonds is 27. The van der Waals surface area contributed by atoms with Gasteiger partial charge in [0.05, 0.1) is 24.5 Å². The summed E-state index contributed by atoms with van der Waals surface area (Å²) in [6, 6.07) is 23.5. The first-order valence-electron chi connectivity index (χ1n) is 25.7. The largest absolute Gasteiger partial charge is 0.497 e. The number of benzene rings is 3. The fraction of sp³-hybridized carbons (Fsp3) is 0.500. The van der Waals surface area contributed by atoms with Crippen molar-refractivity contribution < 1.29 is 57.2 Å². The van der Waals surface area contributed by atoms with Crippen molar-refractivity contribution >= 4 is 54.0 Å². The number of carbonyl (C=O) groups excluding carboxylic acids is 6. The Labute approximate surface area is 436 Å². The van der Waals surface area contributed by atoms with E-state index in [1.165, 1.54) is 42.2 Å². The Hall–Kier alpha value is -6.50. The molecule has 0 aliphatic heterocycles. The monoisotopic (exact) mass is 1010 g/mol. The van der Waals surface area contributed by atoms with Crippen LogP contribution in [-0.2, 0) is 65.3 Å². The van der Waals surface area contributed by atoms with Crippen LogP contribution in [0.15, 0.2) is 91.0 Å². The first kappa shape index (κ1) is 64.5. The molecule has 0 saturated carbocycles. The predicted molar refractivity (Wildman–Crippen MR) is 290 cm³/mol. The van der Waals surface area contributed by atoms with E-state index in [0.29, 0.717) is 19.4 Å². The molecule has 0 aromatic heterocycles. The highest BCUT2D eigenvalue weighted by Gasteiger charge is 2.28. The Bertz CT molecular complexity index is 2190. The molecule has 1 unspecified atom stereocenters. The number of unbranched alkanes of at least 4 members (excludes halogenated alkanes) is 1. The van der Waals surface area contributed by atoms with Gasteiger partial charge in [-0.05, 0) is 138 Å². The minimum atomic E-state index is -0.507. The van der Waals surface area contributed by atoms with Gasteiger partial charge in [-0.1, -0.05) is 109 Å². The molecule has 0 aliphatic rings. The highest BCUT2D eigenvalue weighted by molar-refractivity contribution is 5.88. The van der Waals surface area contributed by atoms with Crippen LogP contribution < -0.4 is 4.74 Å². The molecule has 3 aromatic rings. The van der Waals surface area contributed by atoms with E-state index in [1.54, 1.807) is 30.2 Å². The third kappa shape index (κ3) is 27.2. The average molecular weight is 1010 g/mol. The van der Waals surface area contributed by atoms with E-state index in [9.17, 15) is 28.8 Å². The fourth-order valence-corrected chi connectivity index (χ4v) is 5.95. The molecule has 3 rings (SSSR count). The minimum absolute atomic E-state index is 0.0203. The van der Waals surface area contributed by atoms with E-state index < -0.39 is 28.7 Å². The molecule has 0 bridgehead atoms. The second kappa shape index (κ2) is 35.6. The number of amides is 1. The SMILES string of the molecule is CCC(C)C(=O)N(CCOC(=O)/C=C/c1ccc(OC)cc1)C(C)C.CCCCc1ccc(/C=C/C(=O)OCCOC(=O)C(C)(C)CC)cc1.CCc1ccc(/C=C/C(=O)OCCOC(=O)C(C)(C)CC)cc1. The third-order valence-electron chi connectivity index (χ3n) is 12.0. The Balaban J connectivity index is 0.000000548. The van der Waals surface area contributed by atoms with E-state index in [-0.39, 0.29) is 62.8 Å². The molecule has 1 amide bonds. The summed E-state index contributed by atoms with van der Waals surface area (Å²) in [5, 5.41) is 0. The Morgan fingerprint density at radius 2 is 0.918 bits per heavy atom. The van der Waals surface area contributed by atoms with Crippen molar-refractivity contribution in [3.63, 3.8) is 0 Å². The quantitative estimate of drug-likeness (QED) is 0.0308. The smallest absolute Gasteiger partial charge is 0.330 e. The first-order valence-corrected chi connectivity index (χ1v) is 25.7. The van der Waals surface area contributed by atoms with Crippen molar-refractivity contribution in [2.75, 3.05) is 46.7 Å². The molecule has 402 valence electrons. The molecule has 0 radical (unpaired) electrons. The Morgan fingerprint density at radius 1 is 0.534 bits per heavy atom. The van der Waals surface area contributed by atoms with Gasteiger partial charge in [-0.3, -0.25) is 14.4 Å². The van der Waals surface area contributed by atoms with Crippen LogP contribution in [0.2, 0.25) is 0 Å². The molecule has 0 fully saturated rings. The van der Waals surface area contributed by atoms with E-state index in [0.717, 1.165) is 41.7 Å². The molecule has 1 atom stereocenters.